The van der Waals surface area contributed by atoms with E-state index in [1.165, 1.54) is 45.6 Å². The summed E-state index contributed by atoms with van der Waals surface area (Å²) in [5.74, 6) is 0.199. The Morgan fingerprint density at radius 3 is 2.11 bits per heavy atom. The summed E-state index contributed by atoms with van der Waals surface area (Å²) in [6.45, 7) is 3.16. The topological polar surface area (TPSA) is 66.8 Å². The number of esters is 1. The van der Waals surface area contributed by atoms with Gasteiger partial charge in [-0.3, -0.25) is 0 Å². The molecule has 19 heavy (non-hydrogen) atoms. The van der Waals surface area contributed by atoms with Crippen molar-refractivity contribution in [2.45, 2.75) is 57.7 Å². The molecule has 0 saturated heterocycles. The third kappa shape index (κ3) is 4.05. The van der Waals surface area contributed by atoms with Gasteiger partial charge in [0.25, 0.3) is 0 Å². The van der Waals surface area contributed by atoms with Crippen molar-refractivity contribution in [3.8, 4) is 0 Å². The Bertz CT molecular complexity index is 287. The Labute approximate surface area is 115 Å². The molecular formula is C15H26O4. The average molecular weight is 270 g/mol. The second-order valence-electron chi connectivity index (χ2n) is 5.52. The Morgan fingerprint density at radius 1 is 1.26 bits per heavy atom. The maximum Gasteiger partial charge on any atom is 0.329 e. The first-order valence-electron chi connectivity index (χ1n) is 7.13. The number of aliphatic hydroxyl groups excluding tert-OH is 1. The van der Waals surface area contributed by atoms with Crippen LogP contribution in [0.2, 0.25) is 0 Å². The standard InChI is InChI=1S/C11H20O2.C4H6O2/c12-10(13)11(7-3-4-8-11)9-5-1-2-6-9;1-3-4(5)6-2/h9-10,12-13H,1-8H2;3H,1H2,2H3. The second-order valence-corrected chi connectivity index (χ2v) is 5.52. The van der Waals surface area contributed by atoms with Crippen LogP contribution < -0.4 is 0 Å². The number of carbonyl (C=O) groups excluding carboxylic acids is 1. The van der Waals surface area contributed by atoms with Gasteiger partial charge in [-0.25, -0.2) is 4.79 Å². The monoisotopic (exact) mass is 270 g/mol. The molecule has 0 unspecified atom stereocenters. The fourth-order valence-electron chi connectivity index (χ4n) is 3.49. The number of methoxy groups -OCH3 is 1. The van der Waals surface area contributed by atoms with Gasteiger partial charge < -0.3 is 14.9 Å². The van der Waals surface area contributed by atoms with Gasteiger partial charge in [-0.2, -0.15) is 0 Å². The molecule has 0 amide bonds. The molecule has 0 heterocycles. The summed E-state index contributed by atoms with van der Waals surface area (Å²) in [6.07, 6.45) is 9.51. The normalized spacial score (nSPS) is 21.9. The molecule has 0 aromatic heterocycles. The first kappa shape index (κ1) is 16.2. The lowest BCUT2D eigenvalue weighted by atomic mass is 9.72. The second kappa shape index (κ2) is 7.65. The number of carbonyl (C=O) groups is 1. The van der Waals surface area contributed by atoms with Crippen molar-refractivity contribution in [3.63, 3.8) is 0 Å². The lowest BCUT2D eigenvalue weighted by molar-refractivity contribution is -0.155. The molecule has 4 nitrogen and oxygen atoms in total. The van der Waals surface area contributed by atoms with Gasteiger partial charge in [-0.1, -0.05) is 32.3 Å². The molecule has 0 aromatic rings. The summed E-state index contributed by atoms with van der Waals surface area (Å²) < 4.78 is 4.14. The Balaban J connectivity index is 0.000000258. The largest absolute Gasteiger partial charge is 0.466 e. The first-order chi connectivity index (χ1) is 9.06. The molecular weight excluding hydrogens is 244 g/mol. The number of hydrogen-bond acceptors (Lipinski definition) is 4. The van der Waals surface area contributed by atoms with Crippen molar-refractivity contribution in [2.75, 3.05) is 7.11 Å². The van der Waals surface area contributed by atoms with E-state index in [2.05, 4.69) is 11.3 Å². The van der Waals surface area contributed by atoms with Crippen LogP contribution >= 0.6 is 0 Å². The van der Waals surface area contributed by atoms with Crippen LogP contribution in [0.1, 0.15) is 51.4 Å². The van der Waals surface area contributed by atoms with Crippen LogP contribution in [0, 0.1) is 11.3 Å². The van der Waals surface area contributed by atoms with Crippen LogP contribution in [0.4, 0.5) is 0 Å². The van der Waals surface area contributed by atoms with Crippen LogP contribution in [0.3, 0.4) is 0 Å². The fraction of sp³-hybridized carbons (Fsp3) is 0.800. The number of ether oxygens (including phenoxy) is 1. The van der Waals surface area contributed by atoms with Crippen LogP contribution in [0.5, 0.6) is 0 Å². The predicted molar refractivity (Wildman–Crippen MR) is 73.3 cm³/mol. The highest BCUT2D eigenvalue weighted by atomic mass is 16.5. The summed E-state index contributed by atoms with van der Waals surface area (Å²) in [6, 6.07) is 0. The zero-order valence-electron chi connectivity index (χ0n) is 11.8. The maximum atomic E-state index is 9.84. The predicted octanol–water partition coefficient (Wildman–Crippen LogP) is 2.39. The summed E-state index contributed by atoms with van der Waals surface area (Å²) in [5.41, 5.74) is -0.115. The lowest BCUT2D eigenvalue weighted by Crippen LogP contribution is -2.38. The van der Waals surface area contributed by atoms with Crippen molar-refractivity contribution in [1.29, 1.82) is 0 Å². The minimum Gasteiger partial charge on any atom is -0.466 e. The zero-order chi connectivity index (χ0) is 14.3. The van der Waals surface area contributed by atoms with Gasteiger partial charge in [0.1, 0.15) is 0 Å². The molecule has 2 rings (SSSR count). The van der Waals surface area contributed by atoms with Gasteiger partial charge in [-0.05, 0) is 31.6 Å². The number of hydrogen-bond donors (Lipinski definition) is 2. The highest BCUT2D eigenvalue weighted by Crippen LogP contribution is 2.52. The lowest BCUT2D eigenvalue weighted by Gasteiger charge is -2.37. The van der Waals surface area contributed by atoms with Crippen molar-refractivity contribution < 1.29 is 19.7 Å². The molecule has 0 spiro atoms. The van der Waals surface area contributed by atoms with E-state index in [1.54, 1.807) is 0 Å². The van der Waals surface area contributed by atoms with Gasteiger partial charge in [0.2, 0.25) is 0 Å². The quantitative estimate of drug-likeness (QED) is 0.469. The molecule has 0 aromatic carbocycles. The van der Waals surface area contributed by atoms with Crippen LogP contribution in [-0.4, -0.2) is 29.6 Å². The van der Waals surface area contributed by atoms with Gasteiger partial charge in [0, 0.05) is 11.5 Å². The van der Waals surface area contributed by atoms with E-state index in [4.69, 9.17) is 0 Å². The van der Waals surface area contributed by atoms with Gasteiger partial charge in [0.05, 0.1) is 7.11 Å². The molecule has 2 fully saturated rings. The van der Waals surface area contributed by atoms with Crippen LogP contribution in [0.25, 0.3) is 0 Å². The van der Waals surface area contributed by atoms with Gasteiger partial charge in [0.15, 0.2) is 6.29 Å². The van der Waals surface area contributed by atoms with E-state index in [9.17, 15) is 15.0 Å². The SMILES string of the molecule is C=CC(=O)OC.OC(O)C1(C2CCCC2)CCCC1. The number of rotatable bonds is 3. The van der Waals surface area contributed by atoms with Crippen molar-refractivity contribution in [2.24, 2.45) is 11.3 Å². The van der Waals surface area contributed by atoms with E-state index in [1.807, 2.05) is 0 Å². The molecule has 4 heteroatoms. The van der Waals surface area contributed by atoms with Crippen molar-refractivity contribution >= 4 is 5.97 Å². The fourth-order valence-corrected chi connectivity index (χ4v) is 3.49. The average Bonchev–Trinajstić information content (AvgIpc) is 3.08. The van der Waals surface area contributed by atoms with Gasteiger partial charge >= 0.3 is 5.97 Å². The first-order valence-corrected chi connectivity index (χ1v) is 7.13. The minimum atomic E-state index is -1.07. The number of aliphatic hydroxyl groups is 2. The Morgan fingerprint density at radius 2 is 1.79 bits per heavy atom. The third-order valence-corrected chi connectivity index (χ3v) is 4.58. The van der Waals surface area contributed by atoms with E-state index in [0.717, 1.165) is 18.9 Å². The molecule has 0 atom stereocenters. The zero-order valence-corrected chi connectivity index (χ0v) is 11.8. The Kier molecular flexibility index (Phi) is 6.52. The molecule has 2 aliphatic carbocycles. The Hall–Kier alpha value is -0.870. The molecule has 2 N–H and O–H groups in total. The molecule has 0 aliphatic heterocycles. The summed E-state index contributed by atoms with van der Waals surface area (Å²) >= 11 is 0. The molecule has 0 radical (unpaired) electrons. The van der Waals surface area contributed by atoms with Crippen LogP contribution in [0.15, 0.2) is 12.7 Å². The summed E-state index contributed by atoms with van der Waals surface area (Å²) in [4.78, 5) is 9.84. The third-order valence-electron chi connectivity index (χ3n) is 4.58. The van der Waals surface area contributed by atoms with Crippen molar-refractivity contribution in [1.82, 2.24) is 0 Å². The molecule has 110 valence electrons. The van der Waals surface area contributed by atoms with Crippen molar-refractivity contribution in [3.05, 3.63) is 12.7 Å². The molecule has 2 saturated carbocycles. The van der Waals surface area contributed by atoms with E-state index >= 15 is 0 Å². The highest BCUT2D eigenvalue weighted by molar-refractivity contribution is 5.80. The van der Waals surface area contributed by atoms with E-state index in [0.29, 0.717) is 5.92 Å². The summed E-state index contributed by atoms with van der Waals surface area (Å²) in [7, 11) is 1.31. The van der Waals surface area contributed by atoms with E-state index in [-0.39, 0.29) is 5.41 Å². The van der Waals surface area contributed by atoms with Gasteiger partial charge in [-0.15, -0.1) is 0 Å². The smallest absolute Gasteiger partial charge is 0.329 e. The van der Waals surface area contributed by atoms with Crippen LogP contribution in [-0.2, 0) is 9.53 Å². The minimum absolute atomic E-state index is 0.115. The maximum absolute atomic E-state index is 9.84. The molecule has 2 aliphatic rings. The van der Waals surface area contributed by atoms with E-state index < -0.39 is 12.3 Å². The highest BCUT2D eigenvalue weighted by Gasteiger charge is 2.46. The molecule has 0 bridgehead atoms. The summed E-state index contributed by atoms with van der Waals surface area (Å²) in [5, 5.41) is 19.0.